The van der Waals surface area contributed by atoms with E-state index in [0.717, 1.165) is 24.0 Å². The Kier molecular flexibility index (Phi) is 7.60. The fourth-order valence-corrected chi connectivity index (χ4v) is 3.44. The van der Waals surface area contributed by atoms with Crippen molar-refractivity contribution in [2.45, 2.75) is 39.2 Å². The van der Waals surface area contributed by atoms with E-state index in [-0.39, 0.29) is 24.3 Å². The number of amides is 2. The van der Waals surface area contributed by atoms with Crippen molar-refractivity contribution in [3.63, 3.8) is 0 Å². The Morgan fingerprint density at radius 2 is 2.00 bits per heavy atom. The van der Waals surface area contributed by atoms with Crippen LogP contribution in [0.1, 0.15) is 40.7 Å². The quantitative estimate of drug-likeness (QED) is 0.773. The molecule has 2 unspecified atom stereocenters. The number of nitrogens with zero attached hydrogens (tertiary/aromatic N) is 1. The topological polar surface area (TPSA) is 78.9 Å². The second kappa shape index (κ2) is 9.69. The molecular weight excluding hydrogens is 332 g/mol. The number of hydrogen-bond acceptors (Lipinski definition) is 4. The molecule has 1 heterocycles. The highest BCUT2D eigenvalue weighted by atomic mass is 16.5. The predicted molar refractivity (Wildman–Crippen MR) is 100 cm³/mol. The highest BCUT2D eigenvalue weighted by molar-refractivity contribution is 5.95. The van der Waals surface area contributed by atoms with Gasteiger partial charge in [0.2, 0.25) is 5.91 Å². The number of aliphatic hydroxyl groups is 1. The highest BCUT2D eigenvalue weighted by Gasteiger charge is 2.29. The maximum Gasteiger partial charge on any atom is 0.253 e. The van der Waals surface area contributed by atoms with Crippen molar-refractivity contribution in [1.82, 2.24) is 10.2 Å². The van der Waals surface area contributed by atoms with Crippen molar-refractivity contribution in [2.75, 3.05) is 33.4 Å². The Balaban J connectivity index is 1.89. The van der Waals surface area contributed by atoms with Crippen LogP contribution in [0.15, 0.2) is 18.2 Å². The summed E-state index contributed by atoms with van der Waals surface area (Å²) in [4.78, 5) is 27.0. The minimum atomic E-state index is -0.575. The smallest absolute Gasteiger partial charge is 0.253 e. The maximum atomic E-state index is 12.8. The van der Waals surface area contributed by atoms with Gasteiger partial charge in [-0.1, -0.05) is 17.2 Å². The second-order valence-corrected chi connectivity index (χ2v) is 7.16. The summed E-state index contributed by atoms with van der Waals surface area (Å²) < 4.78 is 4.87. The number of carbonyl (C=O) groups is 2. The summed E-state index contributed by atoms with van der Waals surface area (Å²) in [5.74, 6) is -0.254. The summed E-state index contributed by atoms with van der Waals surface area (Å²) in [5.41, 5.74) is 2.81. The molecule has 26 heavy (non-hydrogen) atoms. The average molecular weight is 362 g/mol. The van der Waals surface area contributed by atoms with E-state index in [1.54, 1.807) is 4.90 Å². The average Bonchev–Trinajstić information content (AvgIpc) is 2.60. The minimum Gasteiger partial charge on any atom is -0.391 e. The zero-order chi connectivity index (χ0) is 19.1. The van der Waals surface area contributed by atoms with E-state index in [1.165, 1.54) is 7.11 Å². The zero-order valence-corrected chi connectivity index (χ0v) is 16.0. The summed E-state index contributed by atoms with van der Waals surface area (Å²) in [6, 6.07) is 5.84. The minimum absolute atomic E-state index is 0.00943. The Hall–Kier alpha value is -1.92. The number of methoxy groups -OCH3 is 1. The first kappa shape index (κ1) is 20.4. The lowest BCUT2D eigenvalue weighted by Crippen LogP contribution is -2.45. The summed E-state index contributed by atoms with van der Waals surface area (Å²) in [7, 11) is 1.53. The van der Waals surface area contributed by atoms with Gasteiger partial charge in [-0.15, -0.1) is 0 Å². The summed E-state index contributed by atoms with van der Waals surface area (Å²) in [5, 5.41) is 12.5. The molecule has 1 saturated heterocycles. The van der Waals surface area contributed by atoms with Gasteiger partial charge in [0.1, 0.15) is 0 Å². The van der Waals surface area contributed by atoms with Gasteiger partial charge >= 0.3 is 0 Å². The maximum absolute atomic E-state index is 12.8. The molecule has 6 nitrogen and oxygen atoms in total. The van der Waals surface area contributed by atoms with Gasteiger partial charge in [-0.3, -0.25) is 9.59 Å². The van der Waals surface area contributed by atoms with Crippen molar-refractivity contribution in [2.24, 2.45) is 5.92 Å². The number of aryl methyl sites for hydroxylation is 2. The lowest BCUT2D eigenvalue weighted by molar-refractivity contribution is -0.126. The number of rotatable bonds is 7. The largest absolute Gasteiger partial charge is 0.391 e. The van der Waals surface area contributed by atoms with E-state index in [1.807, 2.05) is 32.0 Å². The Bertz CT molecular complexity index is 612. The van der Waals surface area contributed by atoms with Crippen molar-refractivity contribution in [3.05, 3.63) is 34.9 Å². The molecule has 1 aromatic rings. The first-order chi connectivity index (χ1) is 12.4. The van der Waals surface area contributed by atoms with Gasteiger partial charge in [0.15, 0.2) is 0 Å². The first-order valence-electron chi connectivity index (χ1n) is 9.23. The Morgan fingerprint density at radius 3 is 2.65 bits per heavy atom. The number of aliphatic hydroxyl groups excluding tert-OH is 1. The van der Waals surface area contributed by atoms with Crippen LogP contribution in [0.5, 0.6) is 0 Å². The molecule has 2 N–H and O–H groups in total. The van der Waals surface area contributed by atoms with Crippen LogP contribution in [0.3, 0.4) is 0 Å². The number of likely N-dealkylation sites (tertiary alicyclic amines) is 1. The predicted octanol–water partition coefficient (Wildman–Crippen LogP) is 1.67. The Morgan fingerprint density at radius 1 is 1.31 bits per heavy atom. The van der Waals surface area contributed by atoms with Crippen LogP contribution < -0.4 is 5.32 Å². The number of benzene rings is 1. The molecule has 2 rings (SSSR count). The van der Waals surface area contributed by atoms with Crippen molar-refractivity contribution in [3.8, 4) is 0 Å². The third-order valence-corrected chi connectivity index (χ3v) is 4.68. The van der Waals surface area contributed by atoms with E-state index < -0.39 is 6.10 Å². The third-order valence-electron chi connectivity index (χ3n) is 4.68. The van der Waals surface area contributed by atoms with E-state index in [0.29, 0.717) is 31.6 Å². The molecule has 0 spiro atoms. The molecule has 0 aliphatic carbocycles. The van der Waals surface area contributed by atoms with Crippen LogP contribution in [0.4, 0.5) is 0 Å². The molecule has 0 bridgehead atoms. The van der Waals surface area contributed by atoms with Crippen LogP contribution >= 0.6 is 0 Å². The molecular formula is C20H30N2O4. The molecule has 2 amide bonds. The van der Waals surface area contributed by atoms with E-state index in [4.69, 9.17) is 4.74 Å². The number of carbonyl (C=O) groups excluding carboxylic acids is 2. The highest BCUT2D eigenvalue weighted by Crippen LogP contribution is 2.20. The normalized spacial score (nSPS) is 18.5. The van der Waals surface area contributed by atoms with Crippen LogP contribution in [-0.2, 0) is 9.53 Å². The van der Waals surface area contributed by atoms with Gasteiger partial charge < -0.3 is 20.1 Å². The summed E-state index contributed by atoms with van der Waals surface area (Å²) in [6.45, 7) is 5.76. The fraction of sp³-hybridized carbons (Fsp3) is 0.600. The van der Waals surface area contributed by atoms with Gasteiger partial charge in [-0.2, -0.15) is 0 Å². The number of piperidine rings is 1. The van der Waals surface area contributed by atoms with Crippen LogP contribution in [0.25, 0.3) is 0 Å². The molecule has 6 heteroatoms. The van der Waals surface area contributed by atoms with E-state index in [2.05, 4.69) is 5.32 Å². The number of ether oxygens (including phenoxy) is 1. The van der Waals surface area contributed by atoms with Crippen LogP contribution in [0, 0.1) is 19.8 Å². The molecule has 0 radical (unpaired) electrons. The summed E-state index contributed by atoms with van der Waals surface area (Å²) >= 11 is 0. The SMILES string of the molecule is COCC(O)CCNC(=O)C1CCCN(C(=O)c2cc(C)cc(C)c2)C1. The first-order valence-corrected chi connectivity index (χ1v) is 9.23. The summed E-state index contributed by atoms with van der Waals surface area (Å²) in [6.07, 6.45) is 1.48. The molecule has 1 aromatic carbocycles. The number of nitrogens with one attached hydrogen (secondary N) is 1. The van der Waals surface area contributed by atoms with Crippen molar-refractivity contribution < 1.29 is 19.4 Å². The van der Waals surface area contributed by atoms with Crippen LogP contribution in [0.2, 0.25) is 0 Å². The van der Waals surface area contributed by atoms with Gasteiger partial charge in [0, 0.05) is 32.3 Å². The van der Waals surface area contributed by atoms with Gasteiger partial charge in [-0.25, -0.2) is 0 Å². The fourth-order valence-electron chi connectivity index (χ4n) is 3.44. The second-order valence-electron chi connectivity index (χ2n) is 7.16. The molecule has 0 saturated carbocycles. The molecule has 1 aliphatic heterocycles. The van der Waals surface area contributed by atoms with Crippen LogP contribution in [-0.4, -0.2) is 61.3 Å². The van der Waals surface area contributed by atoms with E-state index in [9.17, 15) is 14.7 Å². The van der Waals surface area contributed by atoms with Crippen molar-refractivity contribution in [1.29, 1.82) is 0 Å². The number of hydrogen-bond donors (Lipinski definition) is 2. The monoisotopic (exact) mass is 362 g/mol. The molecule has 1 aliphatic rings. The lowest BCUT2D eigenvalue weighted by Gasteiger charge is -2.32. The zero-order valence-electron chi connectivity index (χ0n) is 16.0. The lowest BCUT2D eigenvalue weighted by atomic mass is 9.96. The third kappa shape index (κ3) is 5.81. The standard InChI is InChI=1S/C20H30N2O4/c1-14-9-15(2)11-17(10-14)20(25)22-8-4-5-16(12-22)19(24)21-7-6-18(23)13-26-3/h9-11,16,18,23H,4-8,12-13H2,1-3H3,(H,21,24). The van der Waals surface area contributed by atoms with Gasteiger partial charge in [0.25, 0.3) is 5.91 Å². The molecule has 144 valence electrons. The Labute approximate surface area is 155 Å². The van der Waals surface area contributed by atoms with E-state index >= 15 is 0 Å². The molecule has 0 aromatic heterocycles. The molecule has 1 fully saturated rings. The molecule has 2 atom stereocenters. The van der Waals surface area contributed by atoms with Gasteiger partial charge in [0.05, 0.1) is 18.6 Å². The van der Waals surface area contributed by atoms with Crippen molar-refractivity contribution >= 4 is 11.8 Å². The van der Waals surface area contributed by atoms with Gasteiger partial charge in [-0.05, 0) is 45.2 Å².